The van der Waals surface area contributed by atoms with E-state index in [1.165, 1.54) is 11.1 Å². The van der Waals surface area contributed by atoms with Crippen molar-refractivity contribution >= 4 is 11.8 Å². The molecule has 1 aliphatic heterocycles. The fourth-order valence-electron chi connectivity index (χ4n) is 3.43. The van der Waals surface area contributed by atoms with Crippen LogP contribution in [0, 0.1) is 5.92 Å². The number of nitrogens with two attached hydrogens (primary N) is 1. The van der Waals surface area contributed by atoms with Crippen LogP contribution in [0.2, 0.25) is 0 Å². The molecule has 0 fully saturated rings. The van der Waals surface area contributed by atoms with Crippen molar-refractivity contribution in [2.24, 2.45) is 11.7 Å². The first kappa shape index (κ1) is 21.4. The Kier molecular flexibility index (Phi) is 8.79. The summed E-state index contributed by atoms with van der Waals surface area (Å²) in [5.74, 6) is 0.663. The molecule has 0 aliphatic carbocycles. The first-order valence-corrected chi connectivity index (χ1v) is 10.3. The molecule has 2 amide bonds. The molecule has 1 heterocycles. The van der Waals surface area contributed by atoms with Crippen molar-refractivity contribution in [2.45, 2.75) is 58.9 Å². The number of hydrogen-bond donors (Lipinski definition) is 1. The van der Waals surface area contributed by atoms with Gasteiger partial charge in [0.2, 0.25) is 11.8 Å². The van der Waals surface area contributed by atoms with Crippen molar-refractivity contribution < 1.29 is 9.59 Å². The van der Waals surface area contributed by atoms with E-state index < -0.39 is 0 Å². The lowest BCUT2D eigenvalue weighted by atomic mass is 10.00. The second-order valence-electron chi connectivity index (χ2n) is 7.93. The first-order chi connectivity index (χ1) is 13.0. The summed E-state index contributed by atoms with van der Waals surface area (Å²) in [6.07, 6.45) is 5.09. The number of carbonyl (C=O) groups is 2. The van der Waals surface area contributed by atoms with Gasteiger partial charge < -0.3 is 15.5 Å². The van der Waals surface area contributed by atoms with Crippen LogP contribution in [0.25, 0.3) is 0 Å². The van der Waals surface area contributed by atoms with E-state index >= 15 is 0 Å². The Morgan fingerprint density at radius 3 is 2.59 bits per heavy atom. The Morgan fingerprint density at radius 2 is 1.89 bits per heavy atom. The zero-order valence-electron chi connectivity index (χ0n) is 17.0. The fourth-order valence-corrected chi connectivity index (χ4v) is 3.43. The predicted octanol–water partition coefficient (Wildman–Crippen LogP) is 2.97. The van der Waals surface area contributed by atoms with Gasteiger partial charge in [-0.1, -0.05) is 44.5 Å². The molecule has 2 rings (SSSR count). The molecule has 0 bridgehead atoms. The third-order valence-corrected chi connectivity index (χ3v) is 5.23. The maximum absolute atomic E-state index is 12.9. The van der Waals surface area contributed by atoms with E-state index in [1.54, 1.807) is 4.90 Å². The van der Waals surface area contributed by atoms with E-state index in [9.17, 15) is 9.59 Å². The average molecular weight is 374 g/mol. The Bertz CT molecular complexity index is 615. The lowest BCUT2D eigenvalue weighted by Gasteiger charge is -2.31. The standard InChI is InChI=1S/C22H35N3O2/c1-18(2)11-14-25(21(26)10-4-3-7-13-23)17-22(27)24-15-12-19-8-5-6-9-20(19)16-24/h5-6,8-9,18H,3-4,7,10-17,23H2,1-2H3. The van der Waals surface area contributed by atoms with Crippen molar-refractivity contribution in [1.82, 2.24) is 9.80 Å². The maximum Gasteiger partial charge on any atom is 0.242 e. The van der Waals surface area contributed by atoms with Crippen molar-refractivity contribution in [3.05, 3.63) is 35.4 Å². The van der Waals surface area contributed by atoms with E-state index in [4.69, 9.17) is 5.73 Å². The summed E-state index contributed by atoms with van der Waals surface area (Å²) < 4.78 is 0. The molecule has 1 aromatic rings. The number of amides is 2. The summed E-state index contributed by atoms with van der Waals surface area (Å²) in [6, 6.07) is 8.30. The van der Waals surface area contributed by atoms with E-state index in [0.29, 0.717) is 32.0 Å². The highest BCUT2D eigenvalue weighted by Gasteiger charge is 2.24. The van der Waals surface area contributed by atoms with Gasteiger partial charge in [-0.05, 0) is 49.3 Å². The molecule has 27 heavy (non-hydrogen) atoms. The van der Waals surface area contributed by atoms with Crippen LogP contribution in [0.5, 0.6) is 0 Å². The molecular weight excluding hydrogens is 338 g/mol. The van der Waals surface area contributed by atoms with Crippen LogP contribution < -0.4 is 5.73 Å². The molecule has 150 valence electrons. The molecule has 0 radical (unpaired) electrons. The van der Waals surface area contributed by atoms with Crippen LogP contribution in [-0.2, 0) is 22.6 Å². The Labute approximate surface area is 163 Å². The minimum Gasteiger partial charge on any atom is -0.336 e. The lowest BCUT2D eigenvalue weighted by molar-refractivity contribution is -0.141. The highest BCUT2D eigenvalue weighted by molar-refractivity contribution is 5.85. The van der Waals surface area contributed by atoms with Crippen LogP contribution >= 0.6 is 0 Å². The summed E-state index contributed by atoms with van der Waals surface area (Å²) in [7, 11) is 0. The number of unbranched alkanes of at least 4 members (excludes halogenated alkanes) is 2. The summed E-state index contributed by atoms with van der Waals surface area (Å²) in [4.78, 5) is 29.2. The van der Waals surface area contributed by atoms with Crippen molar-refractivity contribution in [3.63, 3.8) is 0 Å². The summed E-state index contributed by atoms with van der Waals surface area (Å²) in [5.41, 5.74) is 8.07. The van der Waals surface area contributed by atoms with Crippen LogP contribution in [0.4, 0.5) is 0 Å². The van der Waals surface area contributed by atoms with Crippen LogP contribution in [0.1, 0.15) is 57.1 Å². The van der Waals surface area contributed by atoms with Crippen LogP contribution in [0.15, 0.2) is 24.3 Å². The molecule has 0 aromatic heterocycles. The largest absolute Gasteiger partial charge is 0.336 e. The molecule has 5 heteroatoms. The molecule has 0 saturated carbocycles. The minimum atomic E-state index is 0.0589. The summed E-state index contributed by atoms with van der Waals surface area (Å²) in [6.45, 7) is 7.20. The molecule has 1 aliphatic rings. The number of rotatable bonds is 10. The summed E-state index contributed by atoms with van der Waals surface area (Å²) >= 11 is 0. The molecular formula is C22H35N3O2. The highest BCUT2D eigenvalue weighted by Crippen LogP contribution is 2.19. The first-order valence-electron chi connectivity index (χ1n) is 10.3. The van der Waals surface area contributed by atoms with Gasteiger partial charge in [0.05, 0.1) is 6.54 Å². The van der Waals surface area contributed by atoms with E-state index in [-0.39, 0.29) is 18.4 Å². The van der Waals surface area contributed by atoms with Gasteiger partial charge in [0.1, 0.15) is 0 Å². The molecule has 0 unspecified atom stereocenters. The number of fused-ring (bicyclic) bond motifs is 1. The summed E-state index contributed by atoms with van der Waals surface area (Å²) in [5, 5.41) is 0. The maximum atomic E-state index is 12.9. The second-order valence-corrected chi connectivity index (χ2v) is 7.93. The monoisotopic (exact) mass is 373 g/mol. The lowest BCUT2D eigenvalue weighted by Crippen LogP contribution is -2.45. The highest BCUT2D eigenvalue weighted by atomic mass is 16.2. The van der Waals surface area contributed by atoms with E-state index in [1.807, 2.05) is 17.0 Å². The zero-order chi connectivity index (χ0) is 19.6. The van der Waals surface area contributed by atoms with Gasteiger partial charge in [-0.3, -0.25) is 9.59 Å². The molecule has 0 atom stereocenters. The van der Waals surface area contributed by atoms with Crippen molar-refractivity contribution in [2.75, 3.05) is 26.2 Å². The Hall–Kier alpha value is -1.88. The van der Waals surface area contributed by atoms with Gasteiger partial charge in [0.25, 0.3) is 0 Å². The molecule has 5 nitrogen and oxygen atoms in total. The quantitative estimate of drug-likeness (QED) is 0.641. The predicted molar refractivity (Wildman–Crippen MR) is 109 cm³/mol. The number of benzene rings is 1. The van der Waals surface area contributed by atoms with Gasteiger partial charge >= 0.3 is 0 Å². The number of carbonyl (C=O) groups excluding carboxylic acids is 2. The Balaban J connectivity index is 1.92. The number of hydrogen-bond acceptors (Lipinski definition) is 3. The van der Waals surface area contributed by atoms with Gasteiger partial charge in [-0.2, -0.15) is 0 Å². The third-order valence-electron chi connectivity index (χ3n) is 5.23. The molecule has 1 aromatic carbocycles. The Morgan fingerprint density at radius 1 is 1.15 bits per heavy atom. The SMILES string of the molecule is CC(C)CCN(CC(=O)N1CCc2ccccc2C1)C(=O)CCCCCN. The molecule has 2 N–H and O–H groups in total. The second kappa shape index (κ2) is 11.1. The topological polar surface area (TPSA) is 66.6 Å². The van der Waals surface area contributed by atoms with Crippen molar-refractivity contribution in [3.8, 4) is 0 Å². The van der Waals surface area contributed by atoms with Gasteiger partial charge in [0, 0.05) is 26.1 Å². The zero-order valence-corrected chi connectivity index (χ0v) is 17.0. The normalized spacial score (nSPS) is 13.6. The van der Waals surface area contributed by atoms with E-state index in [2.05, 4.69) is 26.0 Å². The number of nitrogens with zero attached hydrogens (tertiary/aromatic N) is 2. The van der Waals surface area contributed by atoms with Crippen molar-refractivity contribution in [1.29, 1.82) is 0 Å². The van der Waals surface area contributed by atoms with E-state index in [0.717, 1.165) is 38.6 Å². The fraction of sp³-hybridized carbons (Fsp3) is 0.636. The average Bonchev–Trinajstić information content (AvgIpc) is 2.67. The smallest absolute Gasteiger partial charge is 0.242 e. The van der Waals surface area contributed by atoms with Gasteiger partial charge in [-0.25, -0.2) is 0 Å². The molecule has 0 spiro atoms. The van der Waals surface area contributed by atoms with Crippen LogP contribution in [-0.4, -0.2) is 47.8 Å². The third kappa shape index (κ3) is 6.98. The minimum absolute atomic E-state index is 0.0589. The van der Waals surface area contributed by atoms with Crippen LogP contribution in [0.3, 0.4) is 0 Å². The van der Waals surface area contributed by atoms with Gasteiger partial charge in [-0.15, -0.1) is 0 Å². The molecule has 0 saturated heterocycles. The van der Waals surface area contributed by atoms with Gasteiger partial charge in [0.15, 0.2) is 0 Å².